The Kier molecular flexibility index (Phi) is 7.42. The molecule has 0 bridgehead atoms. The number of allylic oxidation sites excluding steroid dienone is 1. The Bertz CT molecular complexity index is 921. The van der Waals surface area contributed by atoms with Crippen LogP contribution in [-0.2, 0) is 11.2 Å². The van der Waals surface area contributed by atoms with Gasteiger partial charge in [-0.15, -0.1) is 6.58 Å². The Labute approximate surface area is 172 Å². The lowest BCUT2D eigenvalue weighted by atomic mass is 10.0. The number of methoxy groups -OCH3 is 2. The van der Waals surface area contributed by atoms with Gasteiger partial charge in [0.15, 0.2) is 11.5 Å². The van der Waals surface area contributed by atoms with Gasteiger partial charge >= 0.3 is 0 Å². The van der Waals surface area contributed by atoms with Crippen LogP contribution >= 0.6 is 0 Å². The number of hydrogen-bond donors (Lipinski definition) is 1. The Hall–Kier alpha value is -3.28. The SMILES string of the molecule is C=CCc1cc(C(=O)N(C)CC(=O)Nc2cc(C)ccc2C)cc(OC)c1OC. The maximum atomic E-state index is 12.9. The van der Waals surface area contributed by atoms with E-state index in [1.807, 2.05) is 32.0 Å². The molecule has 0 spiro atoms. The molecule has 154 valence electrons. The molecule has 0 unspecified atom stereocenters. The number of carbonyl (C=O) groups is 2. The van der Waals surface area contributed by atoms with Crippen molar-refractivity contribution in [2.24, 2.45) is 0 Å². The molecule has 6 heteroatoms. The Morgan fingerprint density at radius 3 is 2.48 bits per heavy atom. The summed E-state index contributed by atoms with van der Waals surface area (Å²) in [6, 6.07) is 9.20. The summed E-state index contributed by atoms with van der Waals surface area (Å²) in [5.74, 6) is 0.483. The van der Waals surface area contributed by atoms with Gasteiger partial charge in [0.2, 0.25) is 5.91 Å². The van der Waals surface area contributed by atoms with Crippen molar-refractivity contribution >= 4 is 17.5 Å². The topological polar surface area (TPSA) is 67.9 Å². The highest BCUT2D eigenvalue weighted by atomic mass is 16.5. The van der Waals surface area contributed by atoms with E-state index in [1.54, 1.807) is 32.4 Å². The van der Waals surface area contributed by atoms with Gasteiger partial charge in [-0.2, -0.15) is 0 Å². The van der Waals surface area contributed by atoms with Gasteiger partial charge in [0.25, 0.3) is 5.91 Å². The van der Waals surface area contributed by atoms with Crippen LogP contribution in [0.3, 0.4) is 0 Å². The number of ether oxygens (including phenoxy) is 2. The van der Waals surface area contributed by atoms with Crippen LogP contribution in [0.5, 0.6) is 11.5 Å². The summed E-state index contributed by atoms with van der Waals surface area (Å²) >= 11 is 0. The summed E-state index contributed by atoms with van der Waals surface area (Å²) < 4.78 is 10.8. The first-order valence-electron chi connectivity index (χ1n) is 9.29. The number of likely N-dealkylation sites (N-methyl/N-ethyl adjacent to an activating group) is 1. The van der Waals surface area contributed by atoms with Crippen molar-refractivity contribution in [2.45, 2.75) is 20.3 Å². The van der Waals surface area contributed by atoms with Crippen LogP contribution in [0, 0.1) is 13.8 Å². The van der Waals surface area contributed by atoms with Crippen molar-refractivity contribution in [3.8, 4) is 11.5 Å². The van der Waals surface area contributed by atoms with E-state index >= 15 is 0 Å². The molecule has 0 saturated carbocycles. The van der Waals surface area contributed by atoms with Crippen LogP contribution in [-0.4, -0.2) is 44.5 Å². The third-order valence-electron chi connectivity index (χ3n) is 4.56. The molecule has 6 nitrogen and oxygen atoms in total. The summed E-state index contributed by atoms with van der Waals surface area (Å²) in [7, 11) is 4.66. The lowest BCUT2D eigenvalue weighted by Crippen LogP contribution is -2.35. The number of carbonyl (C=O) groups excluding carboxylic acids is 2. The average Bonchev–Trinajstić information content (AvgIpc) is 2.69. The smallest absolute Gasteiger partial charge is 0.254 e. The minimum atomic E-state index is -0.285. The highest BCUT2D eigenvalue weighted by Crippen LogP contribution is 2.33. The highest BCUT2D eigenvalue weighted by molar-refractivity contribution is 6.00. The quantitative estimate of drug-likeness (QED) is 0.690. The molecule has 2 aromatic carbocycles. The molecule has 0 radical (unpaired) electrons. The molecule has 0 saturated heterocycles. The second kappa shape index (κ2) is 9.78. The van der Waals surface area contributed by atoms with Crippen molar-refractivity contribution in [1.29, 1.82) is 0 Å². The van der Waals surface area contributed by atoms with E-state index in [-0.39, 0.29) is 18.4 Å². The van der Waals surface area contributed by atoms with Crippen LogP contribution in [0.2, 0.25) is 0 Å². The molecule has 0 fully saturated rings. The molecule has 2 aromatic rings. The van der Waals surface area contributed by atoms with Gasteiger partial charge in [-0.1, -0.05) is 18.2 Å². The molecule has 0 aliphatic rings. The minimum absolute atomic E-state index is 0.0721. The summed E-state index contributed by atoms with van der Waals surface area (Å²) in [4.78, 5) is 26.7. The van der Waals surface area contributed by atoms with Gasteiger partial charge in [0, 0.05) is 23.9 Å². The molecule has 0 aliphatic carbocycles. The Balaban J connectivity index is 2.18. The lowest BCUT2D eigenvalue weighted by Gasteiger charge is -2.19. The van der Waals surface area contributed by atoms with Gasteiger partial charge < -0.3 is 19.7 Å². The predicted molar refractivity (Wildman–Crippen MR) is 115 cm³/mol. The predicted octanol–water partition coefficient (Wildman–Crippen LogP) is 3.76. The van der Waals surface area contributed by atoms with Gasteiger partial charge in [0.05, 0.1) is 20.8 Å². The highest BCUT2D eigenvalue weighted by Gasteiger charge is 2.20. The molecule has 0 atom stereocenters. The third-order valence-corrected chi connectivity index (χ3v) is 4.56. The molecule has 1 N–H and O–H groups in total. The van der Waals surface area contributed by atoms with E-state index in [0.29, 0.717) is 23.5 Å². The maximum Gasteiger partial charge on any atom is 0.254 e. The zero-order valence-corrected chi connectivity index (χ0v) is 17.7. The summed E-state index contributed by atoms with van der Waals surface area (Å²) in [5, 5.41) is 2.87. The fourth-order valence-electron chi connectivity index (χ4n) is 3.04. The van der Waals surface area contributed by atoms with Crippen LogP contribution in [0.25, 0.3) is 0 Å². The molecule has 0 heterocycles. The van der Waals surface area contributed by atoms with E-state index in [1.165, 1.54) is 12.0 Å². The fraction of sp³-hybridized carbons (Fsp3) is 0.304. The first kappa shape index (κ1) is 22.0. The third kappa shape index (κ3) is 5.38. The Morgan fingerprint density at radius 1 is 1.14 bits per heavy atom. The molecule has 0 aromatic heterocycles. The number of benzene rings is 2. The number of amides is 2. The normalized spacial score (nSPS) is 10.2. The number of anilines is 1. The van der Waals surface area contributed by atoms with Gasteiger partial charge in [0.1, 0.15) is 0 Å². The van der Waals surface area contributed by atoms with Crippen LogP contribution in [0.1, 0.15) is 27.0 Å². The van der Waals surface area contributed by atoms with Crippen molar-refractivity contribution in [3.63, 3.8) is 0 Å². The molecule has 29 heavy (non-hydrogen) atoms. The van der Waals surface area contributed by atoms with Crippen LogP contribution in [0.4, 0.5) is 5.69 Å². The van der Waals surface area contributed by atoms with Crippen molar-refractivity contribution in [3.05, 3.63) is 65.2 Å². The summed E-state index contributed by atoms with van der Waals surface area (Å²) in [6.45, 7) is 7.56. The number of rotatable bonds is 8. The summed E-state index contributed by atoms with van der Waals surface area (Å²) in [6.07, 6.45) is 2.25. The molecular formula is C23H28N2O4. The van der Waals surface area contributed by atoms with Crippen LogP contribution < -0.4 is 14.8 Å². The zero-order valence-electron chi connectivity index (χ0n) is 17.7. The van der Waals surface area contributed by atoms with Gasteiger partial charge in [-0.25, -0.2) is 0 Å². The Morgan fingerprint density at radius 2 is 1.86 bits per heavy atom. The number of nitrogens with one attached hydrogen (secondary N) is 1. The van der Waals surface area contributed by atoms with Crippen molar-refractivity contribution in [1.82, 2.24) is 4.90 Å². The zero-order chi connectivity index (χ0) is 21.6. The fourth-order valence-corrected chi connectivity index (χ4v) is 3.04. The maximum absolute atomic E-state index is 12.9. The van der Waals surface area contributed by atoms with Crippen molar-refractivity contribution < 1.29 is 19.1 Å². The second-order valence-corrected chi connectivity index (χ2v) is 6.89. The second-order valence-electron chi connectivity index (χ2n) is 6.89. The first-order valence-corrected chi connectivity index (χ1v) is 9.29. The minimum Gasteiger partial charge on any atom is -0.493 e. The monoisotopic (exact) mass is 396 g/mol. The van der Waals surface area contributed by atoms with E-state index in [4.69, 9.17) is 9.47 Å². The standard InChI is InChI=1S/C23H28N2O4/c1-7-8-17-12-18(13-20(28-5)22(17)29-6)23(27)25(4)14-21(26)24-19-11-15(2)9-10-16(19)3/h7,9-13H,1,8,14H2,2-6H3,(H,24,26). The lowest BCUT2D eigenvalue weighted by molar-refractivity contribution is -0.116. The first-order chi connectivity index (χ1) is 13.8. The van der Waals surface area contributed by atoms with Crippen molar-refractivity contribution in [2.75, 3.05) is 33.1 Å². The largest absolute Gasteiger partial charge is 0.493 e. The molecule has 0 aliphatic heterocycles. The van der Waals surface area contributed by atoms with E-state index in [9.17, 15) is 9.59 Å². The van der Waals surface area contributed by atoms with E-state index in [2.05, 4.69) is 11.9 Å². The molecule has 2 amide bonds. The summed E-state index contributed by atoms with van der Waals surface area (Å²) in [5.41, 5.74) is 3.97. The number of aryl methyl sites for hydroxylation is 2. The number of hydrogen-bond acceptors (Lipinski definition) is 4. The molecular weight excluding hydrogens is 368 g/mol. The van der Waals surface area contributed by atoms with E-state index in [0.717, 1.165) is 22.4 Å². The average molecular weight is 396 g/mol. The number of nitrogens with zero attached hydrogens (tertiary/aromatic N) is 1. The van der Waals surface area contributed by atoms with Crippen LogP contribution in [0.15, 0.2) is 43.0 Å². The van der Waals surface area contributed by atoms with E-state index < -0.39 is 0 Å². The molecule has 2 rings (SSSR count). The van der Waals surface area contributed by atoms with Gasteiger partial charge in [-0.05, 0) is 49.6 Å². The van der Waals surface area contributed by atoms with Gasteiger partial charge in [-0.3, -0.25) is 9.59 Å².